The third-order valence-corrected chi connectivity index (χ3v) is 5.27. The van der Waals surface area contributed by atoms with Crippen LogP contribution in [-0.2, 0) is 4.79 Å². The molecule has 1 fully saturated rings. The number of benzene rings is 2. The highest BCUT2D eigenvalue weighted by Gasteiger charge is 2.28. The van der Waals surface area contributed by atoms with Crippen molar-refractivity contribution < 1.29 is 14.3 Å². The van der Waals surface area contributed by atoms with Gasteiger partial charge in [-0.05, 0) is 37.6 Å². The van der Waals surface area contributed by atoms with Crippen molar-refractivity contribution in [1.29, 1.82) is 0 Å². The topological polar surface area (TPSA) is 50.8 Å². The summed E-state index contributed by atoms with van der Waals surface area (Å²) in [5, 5.41) is 3.44. The van der Waals surface area contributed by atoms with Gasteiger partial charge < -0.3 is 14.8 Å². The van der Waals surface area contributed by atoms with Gasteiger partial charge in [-0.1, -0.05) is 29.8 Å². The largest absolute Gasteiger partial charge is 0.497 e. The number of amides is 1. The maximum atomic E-state index is 12.3. The lowest BCUT2D eigenvalue weighted by Crippen LogP contribution is -2.28. The summed E-state index contributed by atoms with van der Waals surface area (Å²) >= 11 is 6.11. The van der Waals surface area contributed by atoms with E-state index in [2.05, 4.69) is 16.3 Å². The molecule has 1 heterocycles. The van der Waals surface area contributed by atoms with Crippen molar-refractivity contribution in [2.24, 2.45) is 0 Å². The van der Waals surface area contributed by atoms with E-state index in [0.717, 1.165) is 36.4 Å². The Kier molecular flexibility index (Phi) is 6.58. The zero-order chi connectivity index (χ0) is 19.2. The second-order valence-corrected chi connectivity index (χ2v) is 6.99. The molecule has 27 heavy (non-hydrogen) atoms. The maximum absolute atomic E-state index is 12.3. The van der Waals surface area contributed by atoms with Crippen LogP contribution in [0.2, 0.25) is 5.02 Å². The molecule has 6 heteroatoms. The lowest BCUT2D eigenvalue weighted by Gasteiger charge is -2.26. The molecule has 0 radical (unpaired) electrons. The van der Waals surface area contributed by atoms with Crippen LogP contribution < -0.4 is 14.8 Å². The molecule has 0 aromatic heterocycles. The van der Waals surface area contributed by atoms with Gasteiger partial charge in [0.1, 0.15) is 11.5 Å². The van der Waals surface area contributed by atoms with Crippen molar-refractivity contribution in [1.82, 2.24) is 4.90 Å². The third kappa shape index (κ3) is 4.73. The van der Waals surface area contributed by atoms with Crippen molar-refractivity contribution in [2.75, 3.05) is 32.6 Å². The number of ether oxygens (including phenoxy) is 2. The van der Waals surface area contributed by atoms with Crippen LogP contribution in [0.5, 0.6) is 11.5 Å². The average Bonchev–Trinajstić information content (AvgIpc) is 3.16. The van der Waals surface area contributed by atoms with Crippen LogP contribution in [0.1, 0.15) is 30.9 Å². The summed E-state index contributed by atoms with van der Waals surface area (Å²) in [6.45, 7) is 1.66. The number of anilines is 1. The SMILES string of the molecule is COc1ccc(C2CCCN2CCC(=O)Nc2ccccc2Cl)c(OC)c1. The fourth-order valence-electron chi connectivity index (χ4n) is 3.56. The Labute approximate surface area is 165 Å². The Morgan fingerprint density at radius 2 is 2.04 bits per heavy atom. The Hall–Kier alpha value is -2.24. The second kappa shape index (κ2) is 9.11. The van der Waals surface area contributed by atoms with E-state index < -0.39 is 0 Å². The van der Waals surface area contributed by atoms with Crippen molar-refractivity contribution >= 4 is 23.2 Å². The normalized spacial score (nSPS) is 16.9. The predicted molar refractivity (Wildman–Crippen MR) is 108 cm³/mol. The first-order chi connectivity index (χ1) is 13.1. The summed E-state index contributed by atoms with van der Waals surface area (Å²) in [5.74, 6) is 1.57. The highest BCUT2D eigenvalue weighted by molar-refractivity contribution is 6.33. The number of likely N-dealkylation sites (tertiary alicyclic amines) is 1. The maximum Gasteiger partial charge on any atom is 0.225 e. The van der Waals surface area contributed by atoms with Gasteiger partial charge in [0.25, 0.3) is 0 Å². The smallest absolute Gasteiger partial charge is 0.225 e. The van der Waals surface area contributed by atoms with E-state index in [9.17, 15) is 4.79 Å². The second-order valence-electron chi connectivity index (χ2n) is 6.58. The minimum atomic E-state index is -0.0320. The molecule has 3 rings (SSSR count). The molecule has 1 unspecified atom stereocenters. The molecule has 2 aromatic carbocycles. The van der Waals surface area contributed by atoms with Gasteiger partial charge in [0, 0.05) is 30.6 Å². The van der Waals surface area contributed by atoms with E-state index in [1.807, 2.05) is 24.3 Å². The molecule has 1 amide bonds. The molecule has 1 aliphatic heterocycles. The third-order valence-electron chi connectivity index (χ3n) is 4.94. The van der Waals surface area contributed by atoms with Crippen LogP contribution in [0.3, 0.4) is 0 Å². The van der Waals surface area contributed by atoms with Gasteiger partial charge in [0.2, 0.25) is 5.91 Å². The number of hydrogen-bond donors (Lipinski definition) is 1. The number of hydrogen-bond acceptors (Lipinski definition) is 4. The molecule has 0 aliphatic carbocycles. The van der Waals surface area contributed by atoms with Gasteiger partial charge in [-0.15, -0.1) is 0 Å². The number of methoxy groups -OCH3 is 2. The molecular weight excluding hydrogens is 364 g/mol. The molecular formula is C21H25ClN2O3. The molecule has 0 bridgehead atoms. The quantitative estimate of drug-likeness (QED) is 0.757. The van der Waals surface area contributed by atoms with Gasteiger partial charge in [0.05, 0.1) is 24.9 Å². The summed E-state index contributed by atoms with van der Waals surface area (Å²) < 4.78 is 10.9. The van der Waals surface area contributed by atoms with E-state index in [4.69, 9.17) is 21.1 Å². The first-order valence-electron chi connectivity index (χ1n) is 9.12. The summed E-state index contributed by atoms with van der Waals surface area (Å²) in [4.78, 5) is 14.7. The number of halogens is 1. The minimum Gasteiger partial charge on any atom is -0.497 e. The predicted octanol–water partition coefficient (Wildman–Crippen LogP) is 4.52. The summed E-state index contributed by atoms with van der Waals surface area (Å²) in [7, 11) is 3.32. The summed E-state index contributed by atoms with van der Waals surface area (Å²) in [5.41, 5.74) is 1.79. The van der Waals surface area contributed by atoms with Crippen molar-refractivity contribution in [3.05, 3.63) is 53.1 Å². The van der Waals surface area contributed by atoms with Crippen LogP contribution in [0, 0.1) is 0 Å². The number of carbonyl (C=O) groups excluding carboxylic acids is 1. The fourth-order valence-corrected chi connectivity index (χ4v) is 3.74. The van der Waals surface area contributed by atoms with Crippen LogP contribution in [-0.4, -0.2) is 38.1 Å². The molecule has 2 aromatic rings. The molecule has 1 atom stereocenters. The number of rotatable bonds is 7. The molecule has 1 saturated heterocycles. The number of carbonyl (C=O) groups is 1. The first-order valence-corrected chi connectivity index (χ1v) is 9.50. The molecule has 144 valence electrons. The summed E-state index contributed by atoms with van der Waals surface area (Å²) in [6.07, 6.45) is 2.57. The number of para-hydroxylation sites is 1. The Morgan fingerprint density at radius 1 is 1.22 bits per heavy atom. The Bertz CT molecular complexity index is 797. The molecule has 1 N–H and O–H groups in total. The lowest BCUT2D eigenvalue weighted by atomic mass is 10.0. The fraction of sp³-hybridized carbons (Fsp3) is 0.381. The zero-order valence-electron chi connectivity index (χ0n) is 15.7. The monoisotopic (exact) mass is 388 g/mol. The van der Waals surface area contributed by atoms with Gasteiger partial charge >= 0.3 is 0 Å². The molecule has 1 aliphatic rings. The van der Waals surface area contributed by atoms with Crippen LogP contribution in [0.25, 0.3) is 0 Å². The highest BCUT2D eigenvalue weighted by atomic mass is 35.5. The van der Waals surface area contributed by atoms with Crippen LogP contribution in [0.4, 0.5) is 5.69 Å². The van der Waals surface area contributed by atoms with Crippen molar-refractivity contribution in [2.45, 2.75) is 25.3 Å². The van der Waals surface area contributed by atoms with E-state index in [0.29, 0.717) is 23.7 Å². The molecule has 5 nitrogen and oxygen atoms in total. The van der Waals surface area contributed by atoms with Crippen molar-refractivity contribution in [3.8, 4) is 11.5 Å². The highest BCUT2D eigenvalue weighted by Crippen LogP contribution is 2.38. The molecule has 0 saturated carbocycles. The minimum absolute atomic E-state index is 0.0320. The van der Waals surface area contributed by atoms with Gasteiger partial charge in [0.15, 0.2) is 0 Å². The van der Waals surface area contributed by atoms with Gasteiger partial charge in [-0.2, -0.15) is 0 Å². The van der Waals surface area contributed by atoms with Crippen LogP contribution in [0.15, 0.2) is 42.5 Å². The van der Waals surface area contributed by atoms with Crippen molar-refractivity contribution in [3.63, 3.8) is 0 Å². The van der Waals surface area contributed by atoms with Gasteiger partial charge in [-0.3, -0.25) is 9.69 Å². The van der Waals surface area contributed by atoms with E-state index >= 15 is 0 Å². The zero-order valence-corrected chi connectivity index (χ0v) is 16.5. The lowest BCUT2D eigenvalue weighted by molar-refractivity contribution is -0.116. The Balaban J connectivity index is 1.63. The molecule has 0 spiro atoms. The average molecular weight is 389 g/mol. The van der Waals surface area contributed by atoms with E-state index in [1.54, 1.807) is 26.4 Å². The summed E-state index contributed by atoms with van der Waals surface area (Å²) in [6, 6.07) is 13.5. The van der Waals surface area contributed by atoms with Crippen LogP contribution >= 0.6 is 11.6 Å². The Morgan fingerprint density at radius 3 is 2.78 bits per heavy atom. The first kappa shape index (κ1) is 19.5. The number of nitrogens with one attached hydrogen (secondary N) is 1. The number of nitrogens with zero attached hydrogens (tertiary/aromatic N) is 1. The standard InChI is InChI=1S/C21H25ClN2O3/c1-26-15-9-10-16(20(14-15)27-2)19-8-5-12-24(19)13-11-21(25)23-18-7-4-3-6-17(18)22/h3-4,6-7,9-10,14,19H,5,8,11-13H2,1-2H3,(H,23,25). The van der Waals surface area contributed by atoms with Gasteiger partial charge in [-0.25, -0.2) is 0 Å². The van der Waals surface area contributed by atoms with E-state index in [-0.39, 0.29) is 11.9 Å². The van der Waals surface area contributed by atoms with E-state index in [1.165, 1.54) is 0 Å².